The number of sulfone groups is 2. The third kappa shape index (κ3) is 17.3. The molecule has 2 aromatic heterocycles. The highest BCUT2D eigenvalue weighted by molar-refractivity contribution is 7.93. The van der Waals surface area contributed by atoms with Crippen molar-refractivity contribution in [2.24, 2.45) is 23.7 Å². The smallest absolute Gasteiger partial charge is 0.243 e. The number of aliphatic hydroxyl groups is 2. The topological polar surface area (TPSA) is 251 Å². The lowest BCUT2D eigenvalue weighted by molar-refractivity contribution is -0.134. The Bertz CT molecular complexity index is 2410. The van der Waals surface area contributed by atoms with Crippen molar-refractivity contribution in [3.63, 3.8) is 0 Å². The van der Waals surface area contributed by atoms with Crippen molar-refractivity contribution in [2.75, 3.05) is 11.5 Å². The molecule has 0 aliphatic heterocycles. The molecule has 18 heteroatoms. The summed E-state index contributed by atoms with van der Waals surface area (Å²) in [6.45, 7) is 16.2. The van der Waals surface area contributed by atoms with Crippen molar-refractivity contribution in [2.45, 2.75) is 141 Å². The first kappa shape index (κ1) is 59.0. The molecule has 0 fully saturated rings. The van der Waals surface area contributed by atoms with E-state index >= 15 is 0 Å². The van der Waals surface area contributed by atoms with Crippen LogP contribution in [-0.2, 0) is 64.5 Å². The molecule has 2 heterocycles. The zero-order valence-electron chi connectivity index (χ0n) is 43.3. The molecule has 4 amide bonds. The zero-order chi connectivity index (χ0) is 53.6. The molecule has 0 saturated heterocycles. The van der Waals surface area contributed by atoms with E-state index in [1.54, 1.807) is 179 Å². The maximum Gasteiger partial charge on any atom is 0.243 e. The Morgan fingerprint density at radius 3 is 1.03 bits per heavy atom. The van der Waals surface area contributed by atoms with E-state index in [9.17, 15) is 46.2 Å². The maximum absolute atomic E-state index is 14.5. The number of carbonyl (C=O) groups is 4. The first-order valence-corrected chi connectivity index (χ1v) is 27.8. The van der Waals surface area contributed by atoms with Gasteiger partial charge in [-0.1, -0.05) is 88.4 Å². The molecule has 0 aliphatic rings. The van der Waals surface area contributed by atoms with Crippen LogP contribution < -0.4 is 21.3 Å². The monoisotopic (exact) mass is 1030 g/mol. The average Bonchev–Trinajstić information content (AvgIpc) is 3.31. The Labute approximate surface area is 426 Å². The van der Waals surface area contributed by atoms with Crippen molar-refractivity contribution in [3.8, 4) is 0 Å². The maximum atomic E-state index is 14.5. The van der Waals surface area contributed by atoms with Crippen LogP contribution in [0.1, 0.15) is 91.5 Å². The molecule has 0 bridgehead atoms. The summed E-state index contributed by atoms with van der Waals surface area (Å²) in [5.74, 6) is -6.91. The van der Waals surface area contributed by atoms with Gasteiger partial charge in [-0.05, 0) is 126 Å². The van der Waals surface area contributed by atoms with Gasteiger partial charge in [0.15, 0.2) is 19.7 Å². The van der Waals surface area contributed by atoms with Gasteiger partial charge >= 0.3 is 0 Å². The molecule has 0 saturated carbocycles. The predicted octanol–water partition coefficient (Wildman–Crippen LogP) is 4.38. The second-order valence-corrected chi connectivity index (χ2v) is 26.9. The van der Waals surface area contributed by atoms with Gasteiger partial charge in [-0.3, -0.25) is 29.1 Å². The lowest BCUT2D eigenvalue weighted by Gasteiger charge is -2.35. The Morgan fingerprint density at radius 1 is 0.458 bits per heavy atom. The van der Waals surface area contributed by atoms with Crippen molar-refractivity contribution >= 4 is 43.3 Å². The first-order chi connectivity index (χ1) is 33.6. The number of carbonyl (C=O) groups excluding carboxylic acids is 4. The number of hydrogen-bond donors (Lipinski definition) is 6. The van der Waals surface area contributed by atoms with E-state index in [1.165, 1.54) is 0 Å². The number of rotatable bonds is 25. The highest BCUT2D eigenvalue weighted by Gasteiger charge is 2.41. The van der Waals surface area contributed by atoms with E-state index in [0.29, 0.717) is 22.3 Å². The minimum atomic E-state index is -3.81. The van der Waals surface area contributed by atoms with Gasteiger partial charge in [0.1, 0.15) is 24.3 Å². The Morgan fingerprint density at radius 2 is 0.750 bits per heavy atom. The van der Waals surface area contributed by atoms with E-state index in [-0.39, 0.29) is 25.7 Å². The Hall–Kier alpha value is -5.56. The fourth-order valence-corrected chi connectivity index (χ4v) is 10.6. The summed E-state index contributed by atoms with van der Waals surface area (Å²) in [4.78, 5) is 65.4. The van der Waals surface area contributed by atoms with Gasteiger partial charge in [0.05, 0.1) is 44.9 Å². The highest BCUT2D eigenvalue weighted by Crippen LogP contribution is 2.24. The third-order valence-electron chi connectivity index (χ3n) is 12.8. The van der Waals surface area contributed by atoms with Crippen LogP contribution >= 0.6 is 0 Å². The third-order valence-corrected chi connectivity index (χ3v) is 18.2. The van der Waals surface area contributed by atoms with Gasteiger partial charge in [-0.2, -0.15) is 0 Å². The van der Waals surface area contributed by atoms with Gasteiger partial charge in [0.2, 0.25) is 23.6 Å². The molecule has 2 aromatic carbocycles. The normalized spacial score (nSPS) is 15.8. The Balaban J connectivity index is 1.66. The molecule has 394 valence electrons. The molecule has 72 heavy (non-hydrogen) atoms. The summed E-state index contributed by atoms with van der Waals surface area (Å²) in [7, 11) is -7.62. The van der Waals surface area contributed by atoms with Crippen LogP contribution in [0, 0.1) is 23.7 Å². The molecular weight excluding hydrogens is 957 g/mol. The van der Waals surface area contributed by atoms with Gasteiger partial charge < -0.3 is 31.5 Å². The summed E-state index contributed by atoms with van der Waals surface area (Å²) in [5, 5.41) is 35.9. The first-order valence-electron chi connectivity index (χ1n) is 24.5. The predicted molar refractivity (Wildman–Crippen MR) is 280 cm³/mol. The van der Waals surface area contributed by atoms with Gasteiger partial charge in [-0.15, -0.1) is 0 Å². The number of aliphatic hydroxyl groups excluding tert-OH is 2. The number of amides is 4. The van der Waals surface area contributed by atoms with Gasteiger partial charge in [0.25, 0.3) is 0 Å². The largest absolute Gasteiger partial charge is 0.388 e. The molecule has 4 rings (SSSR count). The van der Waals surface area contributed by atoms with Gasteiger partial charge in [-0.25, -0.2) is 16.8 Å². The standard InChI is InChI=1S/C54H76N6O10S2/c1-35(2)45(59-49(63)41(29-39-21-25-55-26-22-39)33-71(67,68)53(5,6)7)51(65)57-43(31-37-17-13-11-14-18-37)47(61)48(62)44(32-38-19-15-12-16-20-38)58-52(66)46(36(3)4)60-50(64)42(30-40-23-27-56-28-24-40)34-72(69,70)54(8,9)10/h11-28,35-36,41-48,61-62H,29-34H2,1-10H3,(H,57,65)(H,58,66)(H,59,63)(H,60,64)/t41-,42+,43-,44-,45-,46-,47+,48+/m0/s1. The second kappa shape index (κ2) is 25.9. The van der Waals surface area contributed by atoms with E-state index in [0.717, 1.165) is 0 Å². The van der Waals surface area contributed by atoms with Crippen LogP contribution in [0.15, 0.2) is 110 Å². The van der Waals surface area contributed by atoms with Crippen LogP contribution in [-0.4, -0.2) is 118 Å². The van der Waals surface area contributed by atoms with Crippen molar-refractivity contribution in [3.05, 3.63) is 132 Å². The van der Waals surface area contributed by atoms with Crippen LogP contribution in [0.4, 0.5) is 0 Å². The minimum absolute atomic E-state index is 0.00504. The quantitative estimate of drug-likeness (QED) is 0.0542. The summed E-state index contributed by atoms with van der Waals surface area (Å²) in [5.41, 5.74) is 2.72. The lowest BCUT2D eigenvalue weighted by atomic mass is 9.90. The SMILES string of the molecule is CC(C)[C@H](NC(=O)[C@H](Cc1ccncc1)CS(=O)(=O)C(C)(C)C)C(=O)N[C@@H](Cc1ccccc1)[C@@H](O)[C@H](O)[C@H](Cc1ccccc1)NC(=O)[C@@H](NC(=O)[C@@H](Cc1ccncc1)CS(=O)(=O)C(C)(C)C)C(C)C. The van der Waals surface area contributed by atoms with Crippen molar-refractivity contribution in [1.29, 1.82) is 0 Å². The molecule has 0 spiro atoms. The average molecular weight is 1030 g/mol. The molecule has 4 aromatic rings. The van der Waals surface area contributed by atoms with E-state index < -0.39 is 124 Å². The molecule has 6 N–H and O–H groups in total. The zero-order valence-corrected chi connectivity index (χ0v) is 44.9. The number of benzene rings is 2. The van der Waals surface area contributed by atoms with Crippen molar-refractivity contribution < 1.29 is 46.2 Å². The fraction of sp³-hybridized carbons (Fsp3) is 0.519. The van der Waals surface area contributed by atoms with Gasteiger partial charge in [0, 0.05) is 24.8 Å². The Kier molecular flexibility index (Phi) is 21.2. The molecular formula is C54H76N6O10S2. The number of nitrogens with one attached hydrogen (secondary N) is 4. The summed E-state index contributed by atoms with van der Waals surface area (Å²) < 4.78 is 51.7. The second-order valence-electron chi connectivity index (χ2n) is 21.4. The summed E-state index contributed by atoms with van der Waals surface area (Å²) >= 11 is 0. The van der Waals surface area contributed by atoms with E-state index in [1.807, 2.05) is 0 Å². The number of nitrogens with zero attached hydrogens (tertiary/aromatic N) is 2. The number of aromatic nitrogens is 2. The molecule has 0 radical (unpaired) electrons. The van der Waals surface area contributed by atoms with Crippen LogP contribution in [0.2, 0.25) is 0 Å². The molecule has 0 unspecified atom stereocenters. The van der Waals surface area contributed by atoms with Crippen molar-refractivity contribution in [1.82, 2.24) is 31.2 Å². The summed E-state index contributed by atoms with van der Waals surface area (Å²) in [6.07, 6.45) is 2.80. The number of pyridine rings is 2. The van der Waals surface area contributed by atoms with E-state index in [2.05, 4.69) is 31.2 Å². The van der Waals surface area contributed by atoms with Crippen LogP contribution in [0.25, 0.3) is 0 Å². The molecule has 8 atom stereocenters. The number of hydrogen-bond acceptors (Lipinski definition) is 12. The molecule has 16 nitrogen and oxygen atoms in total. The van der Waals surface area contributed by atoms with Crippen LogP contribution in [0.5, 0.6) is 0 Å². The highest BCUT2D eigenvalue weighted by atomic mass is 32.2. The van der Waals surface area contributed by atoms with Crippen LogP contribution in [0.3, 0.4) is 0 Å². The summed E-state index contributed by atoms with van der Waals surface area (Å²) in [6, 6.07) is 19.8. The fourth-order valence-electron chi connectivity index (χ4n) is 7.97. The minimum Gasteiger partial charge on any atom is -0.388 e. The lowest BCUT2D eigenvalue weighted by Crippen LogP contribution is -2.62. The molecule has 0 aliphatic carbocycles. The van der Waals surface area contributed by atoms with E-state index in [4.69, 9.17) is 0 Å².